The minimum atomic E-state index is -1.42. The summed E-state index contributed by atoms with van der Waals surface area (Å²) in [7, 11) is 3.56. The maximum atomic E-state index is 11.6. The fourth-order valence-corrected chi connectivity index (χ4v) is 1.60. The molecule has 92 valence electrons. The van der Waals surface area contributed by atoms with Gasteiger partial charge >= 0.3 is 5.97 Å². The van der Waals surface area contributed by atoms with Crippen LogP contribution in [-0.2, 0) is 4.79 Å². The second-order valence-electron chi connectivity index (χ2n) is 4.46. The van der Waals surface area contributed by atoms with Crippen LogP contribution in [-0.4, -0.2) is 31.0 Å². The van der Waals surface area contributed by atoms with Crippen molar-refractivity contribution in [3.63, 3.8) is 0 Å². The third-order valence-corrected chi connectivity index (χ3v) is 2.61. The molecule has 0 aliphatic rings. The molecule has 0 saturated heterocycles. The summed E-state index contributed by atoms with van der Waals surface area (Å²) in [5.74, 6) is -2.03. The van der Waals surface area contributed by atoms with Crippen LogP contribution >= 0.6 is 0 Å². The topological polar surface area (TPSA) is 57.6 Å². The first kappa shape index (κ1) is 13.2. The third-order valence-electron chi connectivity index (χ3n) is 2.61. The van der Waals surface area contributed by atoms with Crippen molar-refractivity contribution < 1.29 is 14.7 Å². The molecule has 0 aliphatic carbocycles. The Kier molecular flexibility index (Phi) is 3.89. The maximum absolute atomic E-state index is 11.6. The second-order valence-corrected chi connectivity index (χ2v) is 4.46. The van der Waals surface area contributed by atoms with Gasteiger partial charge in [-0.15, -0.1) is 0 Å². The van der Waals surface area contributed by atoms with Crippen molar-refractivity contribution in [2.24, 2.45) is 0 Å². The summed E-state index contributed by atoms with van der Waals surface area (Å²) in [4.78, 5) is 24.1. The zero-order valence-electron chi connectivity index (χ0n) is 10.5. The summed E-state index contributed by atoms with van der Waals surface area (Å²) in [6, 6.07) is 5.36. The fraction of sp³-hybridized carbons (Fsp3) is 0.385. The molecule has 0 amide bonds. The van der Waals surface area contributed by atoms with E-state index in [1.165, 1.54) is 0 Å². The SMILES string of the molecule is CC(C)c1ccc(N(C)C)c(C(=O)C(=O)O)c1. The van der Waals surface area contributed by atoms with Gasteiger partial charge in [0.25, 0.3) is 5.78 Å². The molecule has 0 spiro atoms. The predicted octanol–water partition coefficient (Wildman–Crippen LogP) is 2.14. The number of hydrogen-bond acceptors (Lipinski definition) is 3. The molecule has 0 saturated carbocycles. The van der Waals surface area contributed by atoms with Gasteiger partial charge in [-0.3, -0.25) is 4.79 Å². The lowest BCUT2D eigenvalue weighted by molar-refractivity contribution is -0.131. The molecule has 0 atom stereocenters. The number of ketones is 1. The molecule has 0 radical (unpaired) electrons. The van der Waals surface area contributed by atoms with Crippen LogP contribution in [0.15, 0.2) is 18.2 Å². The lowest BCUT2D eigenvalue weighted by Crippen LogP contribution is -2.19. The standard InChI is InChI=1S/C13H17NO3/c1-8(2)9-5-6-11(14(3)4)10(7-9)12(15)13(16)17/h5-8H,1-4H3,(H,16,17). The van der Waals surface area contributed by atoms with E-state index in [-0.39, 0.29) is 11.5 Å². The number of Topliss-reactive ketones (excluding diaryl/α,β-unsaturated/α-hetero) is 1. The van der Waals surface area contributed by atoms with Crippen LogP contribution in [0.3, 0.4) is 0 Å². The highest BCUT2D eigenvalue weighted by molar-refractivity contribution is 6.41. The Balaban J connectivity index is 3.35. The van der Waals surface area contributed by atoms with Gasteiger partial charge in [0.1, 0.15) is 0 Å². The van der Waals surface area contributed by atoms with E-state index in [1.807, 2.05) is 19.9 Å². The Morgan fingerprint density at radius 2 is 1.82 bits per heavy atom. The number of benzene rings is 1. The summed E-state index contributed by atoms with van der Waals surface area (Å²) in [5.41, 5.74) is 1.83. The Labute approximate surface area is 101 Å². The molecule has 0 fully saturated rings. The van der Waals surface area contributed by atoms with Crippen molar-refractivity contribution >= 4 is 17.4 Å². The van der Waals surface area contributed by atoms with Crippen molar-refractivity contribution in [3.8, 4) is 0 Å². The first-order valence-electron chi connectivity index (χ1n) is 5.43. The quantitative estimate of drug-likeness (QED) is 0.641. The maximum Gasteiger partial charge on any atom is 0.377 e. The first-order chi connectivity index (χ1) is 7.84. The van der Waals surface area contributed by atoms with Crippen LogP contribution in [0.4, 0.5) is 5.69 Å². The highest BCUT2D eigenvalue weighted by Crippen LogP contribution is 2.24. The zero-order chi connectivity index (χ0) is 13.2. The van der Waals surface area contributed by atoms with Gasteiger partial charge in [-0.05, 0) is 23.6 Å². The lowest BCUT2D eigenvalue weighted by Gasteiger charge is -2.17. The normalized spacial score (nSPS) is 10.4. The summed E-state index contributed by atoms with van der Waals surface area (Å²) < 4.78 is 0. The first-order valence-corrected chi connectivity index (χ1v) is 5.43. The predicted molar refractivity (Wildman–Crippen MR) is 66.8 cm³/mol. The Morgan fingerprint density at radius 1 is 1.24 bits per heavy atom. The summed E-state index contributed by atoms with van der Waals surface area (Å²) in [6.45, 7) is 4.00. The van der Waals surface area contributed by atoms with Gasteiger partial charge < -0.3 is 10.0 Å². The Bertz CT molecular complexity index is 450. The Morgan fingerprint density at radius 3 is 2.24 bits per heavy atom. The molecular weight excluding hydrogens is 218 g/mol. The van der Waals surface area contributed by atoms with Crippen molar-refractivity contribution in [1.29, 1.82) is 0 Å². The van der Waals surface area contributed by atoms with E-state index in [1.54, 1.807) is 31.1 Å². The summed E-state index contributed by atoms with van der Waals surface area (Å²) in [6.07, 6.45) is 0. The fourth-order valence-electron chi connectivity index (χ4n) is 1.60. The zero-order valence-corrected chi connectivity index (χ0v) is 10.5. The van der Waals surface area contributed by atoms with Gasteiger partial charge in [-0.1, -0.05) is 19.9 Å². The number of carboxylic acid groups (broad SMARTS) is 1. The minimum absolute atomic E-state index is 0.244. The van der Waals surface area contributed by atoms with Crippen molar-refractivity contribution in [2.75, 3.05) is 19.0 Å². The highest BCUT2D eigenvalue weighted by atomic mass is 16.4. The number of carbonyl (C=O) groups is 2. The van der Waals surface area contributed by atoms with Crippen molar-refractivity contribution in [2.45, 2.75) is 19.8 Å². The third kappa shape index (κ3) is 2.84. The molecule has 1 aromatic carbocycles. The van der Waals surface area contributed by atoms with Crippen LogP contribution in [0.1, 0.15) is 35.7 Å². The molecule has 0 heterocycles. The lowest BCUT2D eigenvalue weighted by atomic mass is 9.97. The van der Waals surface area contributed by atoms with Gasteiger partial charge in [-0.25, -0.2) is 4.79 Å². The van der Waals surface area contributed by atoms with Crippen LogP contribution in [0.5, 0.6) is 0 Å². The van der Waals surface area contributed by atoms with Crippen LogP contribution in [0.25, 0.3) is 0 Å². The highest BCUT2D eigenvalue weighted by Gasteiger charge is 2.20. The number of anilines is 1. The minimum Gasteiger partial charge on any atom is -0.475 e. The molecular formula is C13H17NO3. The van der Waals surface area contributed by atoms with E-state index in [2.05, 4.69) is 0 Å². The van der Waals surface area contributed by atoms with Crippen LogP contribution in [0.2, 0.25) is 0 Å². The van der Waals surface area contributed by atoms with Gasteiger partial charge in [0.15, 0.2) is 0 Å². The van der Waals surface area contributed by atoms with E-state index in [0.29, 0.717) is 5.69 Å². The largest absolute Gasteiger partial charge is 0.475 e. The second kappa shape index (κ2) is 4.99. The van der Waals surface area contributed by atoms with Crippen molar-refractivity contribution in [3.05, 3.63) is 29.3 Å². The smallest absolute Gasteiger partial charge is 0.377 e. The molecule has 0 aromatic heterocycles. The van der Waals surface area contributed by atoms with Crippen LogP contribution < -0.4 is 4.90 Å². The van der Waals surface area contributed by atoms with E-state index >= 15 is 0 Å². The van der Waals surface area contributed by atoms with Crippen molar-refractivity contribution in [1.82, 2.24) is 0 Å². The average molecular weight is 235 g/mol. The number of aliphatic carboxylic acids is 1. The van der Waals surface area contributed by atoms with Crippen LogP contribution in [0, 0.1) is 0 Å². The molecule has 0 aliphatic heterocycles. The molecule has 17 heavy (non-hydrogen) atoms. The van der Waals surface area contributed by atoms with Gasteiger partial charge in [0.2, 0.25) is 0 Å². The molecule has 4 nitrogen and oxygen atoms in total. The number of carbonyl (C=O) groups excluding carboxylic acids is 1. The number of nitrogens with zero attached hydrogens (tertiary/aromatic N) is 1. The van der Waals surface area contributed by atoms with E-state index in [9.17, 15) is 9.59 Å². The molecule has 1 aromatic rings. The van der Waals surface area contributed by atoms with Gasteiger partial charge in [0, 0.05) is 19.8 Å². The van der Waals surface area contributed by atoms with E-state index < -0.39 is 11.8 Å². The summed E-state index contributed by atoms with van der Waals surface area (Å²) >= 11 is 0. The molecule has 0 bridgehead atoms. The number of rotatable bonds is 4. The van der Waals surface area contributed by atoms with E-state index in [0.717, 1.165) is 5.56 Å². The molecule has 0 unspecified atom stereocenters. The summed E-state index contributed by atoms with van der Waals surface area (Å²) in [5, 5.41) is 8.80. The monoisotopic (exact) mass is 235 g/mol. The number of carboxylic acids is 1. The molecule has 1 rings (SSSR count). The molecule has 1 N–H and O–H groups in total. The van der Waals surface area contributed by atoms with Gasteiger partial charge in [-0.2, -0.15) is 0 Å². The average Bonchev–Trinajstić information content (AvgIpc) is 2.26. The Hall–Kier alpha value is -1.84. The molecule has 4 heteroatoms. The number of hydrogen-bond donors (Lipinski definition) is 1. The van der Waals surface area contributed by atoms with Gasteiger partial charge in [0.05, 0.1) is 5.56 Å². The van der Waals surface area contributed by atoms with E-state index in [4.69, 9.17) is 5.11 Å².